The monoisotopic (exact) mass is 408 g/mol. The van der Waals surface area contributed by atoms with Gasteiger partial charge in [-0.2, -0.15) is 0 Å². The number of ether oxygens (including phenoxy) is 1. The van der Waals surface area contributed by atoms with Gasteiger partial charge >= 0.3 is 0 Å². The number of allylic oxidation sites excluding steroid dienone is 1. The van der Waals surface area contributed by atoms with Gasteiger partial charge in [0.25, 0.3) is 0 Å². The van der Waals surface area contributed by atoms with Crippen molar-refractivity contribution in [3.8, 4) is 17.1 Å². The molecule has 0 unspecified atom stereocenters. The number of amides is 1. The van der Waals surface area contributed by atoms with Gasteiger partial charge in [0.2, 0.25) is 5.91 Å². The molecule has 29 heavy (non-hydrogen) atoms. The number of aromatic nitrogens is 3. The molecule has 0 atom stereocenters. The van der Waals surface area contributed by atoms with E-state index in [4.69, 9.17) is 4.74 Å². The Morgan fingerprint density at radius 3 is 2.76 bits per heavy atom. The fourth-order valence-corrected chi connectivity index (χ4v) is 3.56. The van der Waals surface area contributed by atoms with E-state index in [0.29, 0.717) is 17.5 Å². The van der Waals surface area contributed by atoms with Crippen LogP contribution in [0.5, 0.6) is 5.75 Å². The van der Waals surface area contributed by atoms with Crippen LogP contribution in [0.4, 0.5) is 5.69 Å². The van der Waals surface area contributed by atoms with Crippen molar-refractivity contribution in [2.24, 2.45) is 0 Å². The summed E-state index contributed by atoms with van der Waals surface area (Å²) in [5.74, 6) is 1.60. The van der Waals surface area contributed by atoms with Gasteiger partial charge in [0.1, 0.15) is 5.75 Å². The number of anilines is 1. The molecular formula is C22H24N4O2S. The third-order valence-corrected chi connectivity index (χ3v) is 5.45. The normalized spacial score (nSPS) is 10.6. The van der Waals surface area contributed by atoms with Gasteiger partial charge in [0.15, 0.2) is 11.0 Å². The summed E-state index contributed by atoms with van der Waals surface area (Å²) in [6.07, 6.45) is 1.78. The molecule has 0 aliphatic heterocycles. The van der Waals surface area contributed by atoms with Crippen LogP contribution in [0.3, 0.4) is 0 Å². The second-order valence-corrected chi connectivity index (χ2v) is 7.52. The fourth-order valence-electron chi connectivity index (χ4n) is 2.81. The number of hydrogen-bond donors (Lipinski definition) is 1. The molecule has 0 radical (unpaired) electrons. The number of benzene rings is 2. The molecule has 2 aromatic carbocycles. The van der Waals surface area contributed by atoms with Gasteiger partial charge in [-0.05, 0) is 49.2 Å². The molecule has 1 heterocycles. The SMILES string of the molecule is C=CCn1c(SCC(=O)Nc2ccc(C)c(C)c2)nnc1-c1cccc(OC)c1. The lowest BCUT2D eigenvalue weighted by atomic mass is 10.1. The summed E-state index contributed by atoms with van der Waals surface area (Å²) in [5, 5.41) is 12.2. The highest BCUT2D eigenvalue weighted by atomic mass is 32.2. The Morgan fingerprint density at radius 1 is 1.21 bits per heavy atom. The van der Waals surface area contributed by atoms with Gasteiger partial charge in [-0.3, -0.25) is 9.36 Å². The third kappa shape index (κ3) is 5.06. The third-order valence-electron chi connectivity index (χ3n) is 4.48. The van der Waals surface area contributed by atoms with Crippen LogP contribution in [0.15, 0.2) is 60.3 Å². The summed E-state index contributed by atoms with van der Waals surface area (Å²) < 4.78 is 7.24. The van der Waals surface area contributed by atoms with E-state index >= 15 is 0 Å². The minimum absolute atomic E-state index is 0.0886. The van der Waals surface area contributed by atoms with E-state index in [0.717, 1.165) is 22.6 Å². The number of nitrogens with one attached hydrogen (secondary N) is 1. The second kappa shape index (κ2) is 9.43. The Balaban J connectivity index is 1.73. The minimum Gasteiger partial charge on any atom is -0.497 e. The van der Waals surface area contributed by atoms with E-state index in [2.05, 4.69) is 22.1 Å². The summed E-state index contributed by atoms with van der Waals surface area (Å²) in [5.41, 5.74) is 4.03. The van der Waals surface area contributed by atoms with Gasteiger partial charge in [-0.1, -0.05) is 36.0 Å². The van der Waals surface area contributed by atoms with E-state index < -0.39 is 0 Å². The largest absolute Gasteiger partial charge is 0.497 e. The number of carbonyl (C=O) groups excluding carboxylic acids is 1. The first-order chi connectivity index (χ1) is 14.0. The van der Waals surface area contributed by atoms with Gasteiger partial charge in [0.05, 0.1) is 12.9 Å². The number of methoxy groups -OCH3 is 1. The summed E-state index contributed by atoms with van der Waals surface area (Å²) >= 11 is 1.35. The number of carbonyl (C=O) groups is 1. The first kappa shape index (κ1) is 20.7. The van der Waals surface area contributed by atoms with Crippen LogP contribution in [-0.2, 0) is 11.3 Å². The molecule has 6 nitrogen and oxygen atoms in total. The quantitative estimate of drug-likeness (QED) is 0.439. The Hall–Kier alpha value is -3.06. The van der Waals surface area contributed by atoms with Crippen molar-refractivity contribution in [3.05, 3.63) is 66.2 Å². The van der Waals surface area contributed by atoms with E-state index in [9.17, 15) is 4.79 Å². The topological polar surface area (TPSA) is 69.0 Å². The predicted octanol–water partition coefficient (Wildman–Crippen LogP) is 4.49. The molecule has 3 aromatic rings. The Bertz CT molecular complexity index is 1030. The molecule has 0 aliphatic carbocycles. The minimum atomic E-state index is -0.0886. The van der Waals surface area contributed by atoms with Crippen molar-refractivity contribution in [2.75, 3.05) is 18.2 Å². The number of thioether (sulfide) groups is 1. The van der Waals surface area contributed by atoms with Crippen molar-refractivity contribution in [1.82, 2.24) is 14.8 Å². The lowest BCUT2D eigenvalue weighted by Crippen LogP contribution is -2.14. The molecule has 1 amide bonds. The second-order valence-electron chi connectivity index (χ2n) is 6.57. The average Bonchev–Trinajstić information content (AvgIpc) is 3.12. The summed E-state index contributed by atoms with van der Waals surface area (Å²) in [4.78, 5) is 12.4. The standard InChI is InChI=1S/C22H24N4O2S/c1-5-11-26-21(17-7-6-8-19(13-17)28-4)24-25-22(26)29-14-20(27)23-18-10-9-15(2)16(3)12-18/h5-10,12-13H,1,11,14H2,2-4H3,(H,23,27). The first-order valence-corrected chi connectivity index (χ1v) is 10.2. The number of nitrogens with zero attached hydrogens (tertiary/aromatic N) is 3. The summed E-state index contributed by atoms with van der Waals surface area (Å²) in [7, 11) is 1.63. The molecule has 0 aliphatic rings. The average molecular weight is 409 g/mol. The molecule has 0 spiro atoms. The molecular weight excluding hydrogens is 384 g/mol. The van der Waals surface area contributed by atoms with E-state index in [1.54, 1.807) is 13.2 Å². The van der Waals surface area contributed by atoms with Crippen molar-refractivity contribution in [1.29, 1.82) is 0 Å². The molecule has 0 saturated carbocycles. The maximum atomic E-state index is 12.4. The van der Waals surface area contributed by atoms with Gasteiger partial charge in [0, 0.05) is 17.8 Å². The van der Waals surface area contributed by atoms with Crippen molar-refractivity contribution in [3.63, 3.8) is 0 Å². The Morgan fingerprint density at radius 2 is 2.03 bits per heavy atom. The van der Waals surface area contributed by atoms with Crippen molar-refractivity contribution >= 4 is 23.4 Å². The van der Waals surface area contributed by atoms with Crippen LogP contribution in [0, 0.1) is 13.8 Å². The maximum absolute atomic E-state index is 12.4. The fraction of sp³-hybridized carbons (Fsp3) is 0.227. The highest BCUT2D eigenvalue weighted by Gasteiger charge is 2.15. The van der Waals surface area contributed by atoms with Crippen molar-refractivity contribution in [2.45, 2.75) is 25.5 Å². The highest BCUT2D eigenvalue weighted by molar-refractivity contribution is 7.99. The van der Waals surface area contributed by atoms with Crippen LogP contribution in [-0.4, -0.2) is 33.5 Å². The Labute approximate surface area is 175 Å². The molecule has 1 N–H and O–H groups in total. The van der Waals surface area contributed by atoms with Crippen LogP contribution < -0.4 is 10.1 Å². The van der Waals surface area contributed by atoms with Crippen LogP contribution in [0.25, 0.3) is 11.4 Å². The van der Waals surface area contributed by atoms with Crippen LogP contribution >= 0.6 is 11.8 Å². The van der Waals surface area contributed by atoms with Crippen LogP contribution in [0.2, 0.25) is 0 Å². The molecule has 0 saturated heterocycles. The highest BCUT2D eigenvalue weighted by Crippen LogP contribution is 2.26. The van der Waals surface area contributed by atoms with E-state index in [-0.39, 0.29) is 11.7 Å². The zero-order valence-electron chi connectivity index (χ0n) is 16.8. The molecule has 0 fully saturated rings. The predicted molar refractivity (Wildman–Crippen MR) is 117 cm³/mol. The van der Waals surface area contributed by atoms with E-state index in [1.165, 1.54) is 17.3 Å². The van der Waals surface area contributed by atoms with Gasteiger partial charge < -0.3 is 10.1 Å². The summed E-state index contributed by atoms with van der Waals surface area (Å²) in [6.45, 7) is 8.43. The lowest BCUT2D eigenvalue weighted by Gasteiger charge is -2.09. The smallest absolute Gasteiger partial charge is 0.234 e. The summed E-state index contributed by atoms with van der Waals surface area (Å²) in [6, 6.07) is 13.5. The molecule has 7 heteroatoms. The molecule has 0 bridgehead atoms. The molecule has 3 rings (SSSR count). The maximum Gasteiger partial charge on any atom is 0.234 e. The Kier molecular flexibility index (Phi) is 6.72. The van der Waals surface area contributed by atoms with Gasteiger partial charge in [-0.25, -0.2) is 0 Å². The molecule has 1 aromatic heterocycles. The first-order valence-electron chi connectivity index (χ1n) is 9.20. The van der Waals surface area contributed by atoms with Crippen molar-refractivity contribution < 1.29 is 9.53 Å². The van der Waals surface area contributed by atoms with E-state index in [1.807, 2.05) is 60.9 Å². The lowest BCUT2D eigenvalue weighted by molar-refractivity contribution is -0.113. The zero-order valence-corrected chi connectivity index (χ0v) is 17.6. The van der Waals surface area contributed by atoms with Gasteiger partial charge in [-0.15, -0.1) is 16.8 Å². The zero-order chi connectivity index (χ0) is 20.8. The number of aryl methyl sites for hydroxylation is 2. The van der Waals surface area contributed by atoms with Crippen LogP contribution in [0.1, 0.15) is 11.1 Å². The number of hydrogen-bond acceptors (Lipinski definition) is 5. The molecule has 150 valence electrons. The number of rotatable bonds is 8.